The highest BCUT2D eigenvalue weighted by Crippen LogP contribution is 2.06. The van der Waals surface area contributed by atoms with Gasteiger partial charge in [-0.15, -0.1) is 0 Å². The number of rotatable bonds is 8. The van der Waals surface area contributed by atoms with Gasteiger partial charge in [-0.1, -0.05) is 6.92 Å². The molecule has 15 heavy (non-hydrogen) atoms. The first-order valence-electron chi connectivity index (χ1n) is 5.60. The summed E-state index contributed by atoms with van der Waals surface area (Å²) in [5.41, 5.74) is 5.24. The Morgan fingerprint density at radius 1 is 1.40 bits per heavy atom. The van der Waals surface area contributed by atoms with Crippen LogP contribution >= 0.6 is 0 Å². The Hall–Kier alpha value is -0.610. The Morgan fingerprint density at radius 3 is 2.60 bits per heavy atom. The first kappa shape index (κ1) is 14.4. The molecular formula is C11H24N2O2. The quantitative estimate of drug-likeness (QED) is 0.596. The number of amides is 1. The van der Waals surface area contributed by atoms with Crippen molar-refractivity contribution in [2.24, 2.45) is 5.73 Å². The summed E-state index contributed by atoms with van der Waals surface area (Å²) in [5.74, 6) is 0.0320. The lowest BCUT2D eigenvalue weighted by Crippen LogP contribution is -2.45. The van der Waals surface area contributed by atoms with Gasteiger partial charge in [-0.3, -0.25) is 4.79 Å². The molecule has 0 heterocycles. The summed E-state index contributed by atoms with van der Waals surface area (Å²) < 4.78 is 5.24. The molecule has 0 spiro atoms. The molecule has 0 aliphatic heterocycles. The lowest BCUT2D eigenvalue weighted by Gasteiger charge is -2.25. The Labute approximate surface area is 92.6 Å². The molecule has 0 radical (unpaired) electrons. The SMILES string of the molecule is CCCOCCC(=O)NC(C)(C)CCN. The fourth-order valence-electron chi connectivity index (χ4n) is 1.27. The third kappa shape index (κ3) is 8.39. The van der Waals surface area contributed by atoms with Crippen LogP contribution in [-0.4, -0.2) is 31.2 Å². The number of hydrogen-bond donors (Lipinski definition) is 2. The van der Waals surface area contributed by atoms with E-state index in [2.05, 4.69) is 5.32 Å². The number of nitrogens with two attached hydrogens (primary N) is 1. The summed E-state index contributed by atoms with van der Waals surface area (Å²) in [7, 11) is 0. The van der Waals surface area contributed by atoms with Gasteiger partial charge in [0.2, 0.25) is 5.91 Å². The molecule has 4 heteroatoms. The molecule has 0 fully saturated rings. The minimum atomic E-state index is -0.212. The normalized spacial score (nSPS) is 11.5. The molecule has 4 nitrogen and oxygen atoms in total. The Kier molecular flexibility index (Phi) is 7.34. The van der Waals surface area contributed by atoms with Crippen molar-refractivity contribution >= 4 is 5.91 Å². The van der Waals surface area contributed by atoms with Crippen LogP contribution in [0.1, 0.15) is 40.0 Å². The standard InChI is InChI=1S/C11H24N2O2/c1-4-8-15-9-5-10(14)13-11(2,3)6-7-12/h4-9,12H2,1-3H3,(H,13,14). The molecule has 0 aromatic rings. The Morgan fingerprint density at radius 2 is 2.07 bits per heavy atom. The number of nitrogens with one attached hydrogen (secondary N) is 1. The van der Waals surface area contributed by atoms with Gasteiger partial charge < -0.3 is 15.8 Å². The molecule has 90 valence electrons. The second-order valence-corrected chi connectivity index (χ2v) is 4.33. The van der Waals surface area contributed by atoms with E-state index in [9.17, 15) is 4.79 Å². The van der Waals surface area contributed by atoms with Crippen LogP contribution in [0, 0.1) is 0 Å². The molecule has 0 aliphatic rings. The Balaban J connectivity index is 3.63. The molecule has 0 unspecified atom stereocenters. The first-order chi connectivity index (χ1) is 7.02. The number of ether oxygens (including phenoxy) is 1. The monoisotopic (exact) mass is 216 g/mol. The average Bonchev–Trinajstić information content (AvgIpc) is 2.11. The van der Waals surface area contributed by atoms with Crippen molar-refractivity contribution in [3.8, 4) is 0 Å². The van der Waals surface area contributed by atoms with Gasteiger partial charge >= 0.3 is 0 Å². The largest absolute Gasteiger partial charge is 0.381 e. The summed E-state index contributed by atoms with van der Waals surface area (Å²) in [6, 6.07) is 0. The van der Waals surface area contributed by atoms with Gasteiger partial charge in [-0.2, -0.15) is 0 Å². The van der Waals surface area contributed by atoms with Crippen LogP contribution in [0.15, 0.2) is 0 Å². The van der Waals surface area contributed by atoms with Crippen LogP contribution in [0.5, 0.6) is 0 Å². The fraction of sp³-hybridized carbons (Fsp3) is 0.909. The van der Waals surface area contributed by atoms with Crippen LogP contribution in [0.25, 0.3) is 0 Å². The minimum Gasteiger partial charge on any atom is -0.381 e. The zero-order valence-corrected chi connectivity index (χ0v) is 10.1. The van der Waals surface area contributed by atoms with Crippen LogP contribution < -0.4 is 11.1 Å². The van der Waals surface area contributed by atoms with E-state index in [4.69, 9.17) is 10.5 Å². The van der Waals surface area contributed by atoms with Crippen LogP contribution in [0.3, 0.4) is 0 Å². The van der Waals surface area contributed by atoms with E-state index < -0.39 is 0 Å². The first-order valence-corrected chi connectivity index (χ1v) is 5.60. The molecule has 1 amide bonds. The van der Waals surface area contributed by atoms with E-state index in [0.717, 1.165) is 19.4 Å². The second-order valence-electron chi connectivity index (χ2n) is 4.33. The van der Waals surface area contributed by atoms with E-state index in [0.29, 0.717) is 19.6 Å². The molecule has 3 N–H and O–H groups in total. The topological polar surface area (TPSA) is 64.3 Å². The summed E-state index contributed by atoms with van der Waals surface area (Å²) in [6.07, 6.45) is 2.20. The third-order valence-electron chi connectivity index (χ3n) is 2.07. The smallest absolute Gasteiger partial charge is 0.222 e. The van der Waals surface area contributed by atoms with Gasteiger partial charge in [-0.25, -0.2) is 0 Å². The zero-order valence-electron chi connectivity index (χ0n) is 10.1. The predicted octanol–water partition coefficient (Wildman–Crippen LogP) is 1.05. The minimum absolute atomic E-state index is 0.0320. The number of hydrogen-bond acceptors (Lipinski definition) is 3. The lowest BCUT2D eigenvalue weighted by molar-refractivity contribution is -0.123. The molecule has 0 saturated carbocycles. The maximum absolute atomic E-state index is 11.5. The molecule has 0 saturated heterocycles. The Bertz CT molecular complexity index is 181. The highest BCUT2D eigenvalue weighted by molar-refractivity contribution is 5.76. The van der Waals surface area contributed by atoms with E-state index in [-0.39, 0.29) is 11.4 Å². The second kappa shape index (κ2) is 7.65. The van der Waals surface area contributed by atoms with Gasteiger partial charge in [0.1, 0.15) is 0 Å². The molecule has 0 atom stereocenters. The van der Waals surface area contributed by atoms with Crippen LogP contribution in [0.4, 0.5) is 0 Å². The van der Waals surface area contributed by atoms with Crippen molar-refractivity contribution in [1.29, 1.82) is 0 Å². The van der Waals surface area contributed by atoms with Crippen molar-refractivity contribution in [2.75, 3.05) is 19.8 Å². The maximum Gasteiger partial charge on any atom is 0.222 e. The lowest BCUT2D eigenvalue weighted by atomic mass is 10.0. The highest BCUT2D eigenvalue weighted by Gasteiger charge is 2.18. The fourth-order valence-corrected chi connectivity index (χ4v) is 1.27. The van der Waals surface area contributed by atoms with E-state index in [1.807, 2.05) is 20.8 Å². The molecule has 0 aromatic heterocycles. The van der Waals surface area contributed by atoms with Crippen LogP contribution in [0.2, 0.25) is 0 Å². The van der Waals surface area contributed by atoms with Crippen molar-refractivity contribution in [3.63, 3.8) is 0 Å². The predicted molar refractivity (Wildman–Crippen MR) is 61.6 cm³/mol. The van der Waals surface area contributed by atoms with Gasteiger partial charge in [0.25, 0.3) is 0 Å². The zero-order chi connectivity index (χ0) is 11.7. The van der Waals surface area contributed by atoms with Crippen molar-refractivity contribution < 1.29 is 9.53 Å². The van der Waals surface area contributed by atoms with Crippen molar-refractivity contribution in [2.45, 2.75) is 45.6 Å². The third-order valence-corrected chi connectivity index (χ3v) is 2.07. The van der Waals surface area contributed by atoms with Gasteiger partial charge in [-0.05, 0) is 33.2 Å². The number of carbonyl (C=O) groups excluding carboxylic acids is 1. The molecule has 0 bridgehead atoms. The van der Waals surface area contributed by atoms with E-state index in [1.54, 1.807) is 0 Å². The van der Waals surface area contributed by atoms with Gasteiger partial charge in [0.05, 0.1) is 6.61 Å². The highest BCUT2D eigenvalue weighted by atomic mass is 16.5. The molecular weight excluding hydrogens is 192 g/mol. The summed E-state index contributed by atoms with van der Waals surface area (Å²) in [5, 5.41) is 2.94. The van der Waals surface area contributed by atoms with Crippen molar-refractivity contribution in [3.05, 3.63) is 0 Å². The van der Waals surface area contributed by atoms with E-state index >= 15 is 0 Å². The van der Waals surface area contributed by atoms with Gasteiger partial charge in [0.15, 0.2) is 0 Å². The maximum atomic E-state index is 11.5. The van der Waals surface area contributed by atoms with Crippen molar-refractivity contribution in [1.82, 2.24) is 5.32 Å². The summed E-state index contributed by atoms with van der Waals surface area (Å²) >= 11 is 0. The van der Waals surface area contributed by atoms with Gasteiger partial charge in [0, 0.05) is 18.6 Å². The molecule has 0 rings (SSSR count). The molecule has 0 aliphatic carbocycles. The molecule has 0 aromatic carbocycles. The summed E-state index contributed by atoms with van der Waals surface area (Å²) in [4.78, 5) is 11.5. The average molecular weight is 216 g/mol. The van der Waals surface area contributed by atoms with E-state index in [1.165, 1.54) is 0 Å². The summed E-state index contributed by atoms with van der Waals surface area (Å²) in [6.45, 7) is 7.80. The van der Waals surface area contributed by atoms with Crippen LogP contribution in [-0.2, 0) is 9.53 Å². The number of carbonyl (C=O) groups is 1.